The predicted octanol–water partition coefficient (Wildman–Crippen LogP) is 3.45. The average Bonchev–Trinajstić information content (AvgIpc) is 2.67. The van der Waals surface area contributed by atoms with Gasteiger partial charge in [-0.2, -0.15) is 0 Å². The molecule has 2 aromatic rings. The lowest BCUT2D eigenvalue weighted by Gasteiger charge is -2.19. The van der Waals surface area contributed by atoms with Crippen molar-refractivity contribution in [1.29, 1.82) is 0 Å². The number of nitrogens with one attached hydrogen (secondary N) is 2. The Morgan fingerprint density at radius 3 is 2.14 bits per heavy atom. The van der Waals surface area contributed by atoms with Gasteiger partial charge in [-0.3, -0.25) is 9.59 Å². The van der Waals surface area contributed by atoms with Gasteiger partial charge in [0.25, 0.3) is 11.8 Å². The Morgan fingerprint density at radius 1 is 1.00 bits per heavy atom. The molecule has 0 aliphatic rings. The second kappa shape index (κ2) is 9.85. The fourth-order valence-corrected chi connectivity index (χ4v) is 2.66. The van der Waals surface area contributed by atoms with Gasteiger partial charge in [0.15, 0.2) is 0 Å². The molecule has 0 fully saturated rings. The Kier molecular flexibility index (Phi) is 7.52. The predicted molar refractivity (Wildman–Crippen MR) is 110 cm³/mol. The van der Waals surface area contributed by atoms with Crippen LogP contribution >= 0.6 is 15.9 Å². The van der Waals surface area contributed by atoms with Crippen molar-refractivity contribution in [2.75, 3.05) is 0 Å². The molecule has 2 aromatic carbocycles. The van der Waals surface area contributed by atoms with Crippen LogP contribution in [-0.4, -0.2) is 28.9 Å². The average molecular weight is 445 g/mol. The summed E-state index contributed by atoms with van der Waals surface area (Å²) in [4.78, 5) is 36.6. The topological polar surface area (TPSA) is 95.5 Å². The van der Waals surface area contributed by atoms with E-state index in [0.717, 1.165) is 4.47 Å². The van der Waals surface area contributed by atoms with Crippen LogP contribution in [0.4, 0.5) is 0 Å². The summed E-state index contributed by atoms with van der Waals surface area (Å²) in [6.45, 7) is 3.39. The Bertz CT molecular complexity index is 877. The van der Waals surface area contributed by atoms with E-state index in [1.54, 1.807) is 68.4 Å². The highest BCUT2D eigenvalue weighted by Crippen LogP contribution is 2.14. The summed E-state index contributed by atoms with van der Waals surface area (Å²) in [6.07, 6.45) is 1.50. The third kappa shape index (κ3) is 6.06. The number of aliphatic carboxylic acids is 1. The maximum Gasteiger partial charge on any atom is 0.326 e. The molecule has 0 aromatic heterocycles. The van der Waals surface area contributed by atoms with E-state index >= 15 is 0 Å². The van der Waals surface area contributed by atoms with E-state index in [4.69, 9.17) is 0 Å². The lowest BCUT2D eigenvalue weighted by molar-refractivity contribution is -0.142. The molecule has 0 heterocycles. The van der Waals surface area contributed by atoms with Crippen LogP contribution in [-0.2, 0) is 9.59 Å². The molecule has 0 aliphatic heterocycles. The molecular formula is C21H21BrN2O4. The first-order valence-electron chi connectivity index (χ1n) is 8.65. The number of hydrogen-bond donors (Lipinski definition) is 3. The van der Waals surface area contributed by atoms with E-state index < -0.39 is 23.8 Å². The number of amides is 2. The number of hydrogen-bond acceptors (Lipinski definition) is 3. The molecule has 28 heavy (non-hydrogen) atoms. The number of halogens is 1. The monoisotopic (exact) mass is 444 g/mol. The molecule has 0 spiro atoms. The number of carbonyl (C=O) groups excluding carboxylic acids is 2. The van der Waals surface area contributed by atoms with Crippen LogP contribution in [0.2, 0.25) is 0 Å². The lowest BCUT2D eigenvalue weighted by atomic mass is 10.0. The molecule has 0 radical (unpaired) electrons. The van der Waals surface area contributed by atoms with Crippen LogP contribution in [0.3, 0.4) is 0 Å². The molecule has 0 saturated carbocycles. The molecule has 2 amide bonds. The van der Waals surface area contributed by atoms with Gasteiger partial charge < -0.3 is 15.7 Å². The van der Waals surface area contributed by atoms with Gasteiger partial charge in [0.2, 0.25) is 0 Å². The summed E-state index contributed by atoms with van der Waals surface area (Å²) in [6, 6.07) is 14.5. The maximum atomic E-state index is 12.7. The Hall–Kier alpha value is -2.93. The van der Waals surface area contributed by atoms with Crippen molar-refractivity contribution >= 4 is 39.8 Å². The first-order chi connectivity index (χ1) is 13.3. The van der Waals surface area contributed by atoms with Crippen molar-refractivity contribution < 1.29 is 19.5 Å². The zero-order chi connectivity index (χ0) is 20.7. The molecule has 1 atom stereocenters. The van der Waals surface area contributed by atoms with Crippen LogP contribution < -0.4 is 10.6 Å². The van der Waals surface area contributed by atoms with Crippen LogP contribution in [0.1, 0.15) is 29.8 Å². The minimum absolute atomic E-state index is 0.0388. The standard InChI is InChI=1S/C21H21BrN2O4/c1-13(2)18(21(27)28)24-20(26)17(12-14-8-10-16(22)11-9-14)23-19(25)15-6-4-3-5-7-15/h3-13,18H,1-2H3,(H,23,25)(H,24,26)(H,27,28)/b17-12-/t18-/m1/s1. The van der Waals surface area contributed by atoms with Crippen molar-refractivity contribution in [3.05, 3.63) is 75.9 Å². The zero-order valence-corrected chi connectivity index (χ0v) is 17.1. The van der Waals surface area contributed by atoms with Crippen molar-refractivity contribution in [2.45, 2.75) is 19.9 Å². The molecule has 0 aliphatic carbocycles. The van der Waals surface area contributed by atoms with Crippen LogP contribution in [0.15, 0.2) is 64.8 Å². The summed E-state index contributed by atoms with van der Waals surface area (Å²) in [7, 11) is 0. The Morgan fingerprint density at radius 2 is 1.61 bits per heavy atom. The molecule has 0 unspecified atom stereocenters. The van der Waals surface area contributed by atoms with E-state index in [0.29, 0.717) is 11.1 Å². The molecule has 3 N–H and O–H groups in total. The highest BCUT2D eigenvalue weighted by molar-refractivity contribution is 9.10. The normalized spacial score (nSPS) is 12.4. The van der Waals surface area contributed by atoms with Crippen molar-refractivity contribution in [3.8, 4) is 0 Å². The minimum atomic E-state index is -1.14. The Labute approximate surface area is 171 Å². The van der Waals surface area contributed by atoms with Gasteiger partial charge in [0.1, 0.15) is 11.7 Å². The van der Waals surface area contributed by atoms with Crippen molar-refractivity contribution in [1.82, 2.24) is 10.6 Å². The molecule has 0 bridgehead atoms. The number of carboxylic acids is 1. The maximum absolute atomic E-state index is 12.7. The third-order valence-corrected chi connectivity index (χ3v) is 4.46. The quantitative estimate of drug-likeness (QED) is 0.569. The molecule has 6 nitrogen and oxygen atoms in total. The summed E-state index contributed by atoms with van der Waals surface area (Å²) in [5.74, 6) is -2.59. The molecule has 2 rings (SSSR count). The van der Waals surface area contributed by atoms with Crippen molar-refractivity contribution in [3.63, 3.8) is 0 Å². The first-order valence-corrected chi connectivity index (χ1v) is 9.44. The van der Waals surface area contributed by atoms with E-state index in [2.05, 4.69) is 26.6 Å². The van der Waals surface area contributed by atoms with Gasteiger partial charge in [-0.1, -0.05) is 60.1 Å². The third-order valence-electron chi connectivity index (χ3n) is 3.93. The number of benzene rings is 2. The Balaban J connectivity index is 2.32. The second-order valence-electron chi connectivity index (χ2n) is 6.46. The van der Waals surface area contributed by atoms with Gasteiger partial charge in [-0.05, 0) is 41.8 Å². The first kappa shape index (κ1) is 21.4. The van der Waals surface area contributed by atoms with Gasteiger partial charge in [0.05, 0.1) is 0 Å². The van der Waals surface area contributed by atoms with Crippen LogP contribution in [0.25, 0.3) is 6.08 Å². The van der Waals surface area contributed by atoms with E-state index in [1.165, 1.54) is 6.08 Å². The summed E-state index contributed by atoms with van der Waals surface area (Å²) < 4.78 is 0.870. The fraction of sp³-hybridized carbons (Fsp3) is 0.190. The van der Waals surface area contributed by atoms with Gasteiger partial charge in [0, 0.05) is 10.0 Å². The zero-order valence-electron chi connectivity index (χ0n) is 15.5. The van der Waals surface area contributed by atoms with Crippen molar-refractivity contribution in [2.24, 2.45) is 5.92 Å². The van der Waals surface area contributed by atoms with Gasteiger partial charge >= 0.3 is 5.97 Å². The van der Waals surface area contributed by atoms with Crippen LogP contribution in [0.5, 0.6) is 0 Å². The number of carbonyl (C=O) groups is 3. The van der Waals surface area contributed by atoms with Gasteiger partial charge in [-0.25, -0.2) is 4.79 Å². The highest BCUT2D eigenvalue weighted by atomic mass is 79.9. The molecule has 146 valence electrons. The summed E-state index contributed by atoms with van der Waals surface area (Å²) >= 11 is 3.34. The van der Waals surface area contributed by atoms with Gasteiger partial charge in [-0.15, -0.1) is 0 Å². The number of rotatable bonds is 7. The van der Waals surface area contributed by atoms with E-state index in [1.807, 2.05) is 0 Å². The van der Waals surface area contributed by atoms with E-state index in [9.17, 15) is 19.5 Å². The summed E-state index contributed by atoms with van der Waals surface area (Å²) in [5.41, 5.74) is 1.02. The smallest absolute Gasteiger partial charge is 0.326 e. The largest absolute Gasteiger partial charge is 0.480 e. The number of carboxylic acid groups (broad SMARTS) is 1. The molecule has 0 saturated heterocycles. The second-order valence-corrected chi connectivity index (χ2v) is 7.38. The highest BCUT2D eigenvalue weighted by Gasteiger charge is 2.25. The van der Waals surface area contributed by atoms with E-state index in [-0.39, 0.29) is 11.6 Å². The minimum Gasteiger partial charge on any atom is -0.480 e. The molecule has 7 heteroatoms. The molecular weight excluding hydrogens is 424 g/mol. The van der Waals surface area contributed by atoms with Crippen LogP contribution in [0, 0.1) is 5.92 Å². The SMILES string of the molecule is CC(C)[C@@H](NC(=O)/C(=C/c1ccc(Br)cc1)NC(=O)c1ccccc1)C(=O)O. The summed E-state index contributed by atoms with van der Waals surface area (Å²) in [5, 5.41) is 14.4. The lowest BCUT2D eigenvalue weighted by Crippen LogP contribution is -2.47. The fourth-order valence-electron chi connectivity index (χ4n) is 2.40.